The molecule has 4 aromatic rings. The Kier molecular flexibility index (Phi) is 5.22. The van der Waals surface area contributed by atoms with E-state index < -0.39 is 5.91 Å². The minimum atomic E-state index is -0.596. The van der Waals surface area contributed by atoms with Gasteiger partial charge in [-0.05, 0) is 23.6 Å². The maximum Gasteiger partial charge on any atom is 0.261 e. The molecular formula is C18H16N6O2S2. The third kappa shape index (κ3) is 3.97. The van der Waals surface area contributed by atoms with Crippen molar-refractivity contribution in [2.24, 2.45) is 5.73 Å². The van der Waals surface area contributed by atoms with Crippen molar-refractivity contribution in [3.8, 4) is 0 Å². The Morgan fingerprint density at radius 1 is 1.21 bits per heavy atom. The topological polar surface area (TPSA) is 120 Å². The number of primary amides is 1. The Labute approximate surface area is 167 Å². The van der Waals surface area contributed by atoms with Gasteiger partial charge in [0.15, 0.2) is 0 Å². The predicted molar refractivity (Wildman–Crippen MR) is 108 cm³/mol. The van der Waals surface area contributed by atoms with Crippen molar-refractivity contribution in [2.75, 3.05) is 0 Å². The first-order valence-electron chi connectivity index (χ1n) is 8.43. The molecule has 10 heteroatoms. The molecule has 0 fully saturated rings. The van der Waals surface area contributed by atoms with E-state index >= 15 is 0 Å². The molecule has 0 aliphatic rings. The fourth-order valence-corrected chi connectivity index (χ4v) is 4.24. The smallest absolute Gasteiger partial charge is 0.261 e. The van der Waals surface area contributed by atoms with Gasteiger partial charge in [-0.2, -0.15) is 0 Å². The number of nitrogens with two attached hydrogens (primary N) is 1. The maximum absolute atomic E-state index is 12.7. The van der Waals surface area contributed by atoms with Crippen molar-refractivity contribution < 1.29 is 4.79 Å². The van der Waals surface area contributed by atoms with Crippen LogP contribution in [0.1, 0.15) is 16.5 Å². The molecule has 1 aromatic carbocycles. The van der Waals surface area contributed by atoms with Gasteiger partial charge < -0.3 is 5.73 Å². The molecule has 8 nitrogen and oxygen atoms in total. The van der Waals surface area contributed by atoms with Gasteiger partial charge in [0, 0.05) is 11.3 Å². The zero-order valence-corrected chi connectivity index (χ0v) is 16.3. The van der Waals surface area contributed by atoms with Crippen LogP contribution < -0.4 is 11.3 Å². The van der Waals surface area contributed by atoms with Gasteiger partial charge in [-0.15, -0.1) is 16.4 Å². The molecule has 0 atom stereocenters. The van der Waals surface area contributed by atoms with Gasteiger partial charge in [0.2, 0.25) is 11.1 Å². The largest absolute Gasteiger partial charge is 0.368 e. The average Bonchev–Trinajstić information content (AvgIpc) is 3.35. The second kappa shape index (κ2) is 7.95. The molecule has 0 unspecified atom stereocenters. The zero-order chi connectivity index (χ0) is 19.5. The molecule has 4 rings (SSSR count). The van der Waals surface area contributed by atoms with Crippen LogP contribution in [0.4, 0.5) is 0 Å². The van der Waals surface area contributed by atoms with E-state index in [-0.39, 0.29) is 12.1 Å². The van der Waals surface area contributed by atoms with Gasteiger partial charge >= 0.3 is 0 Å². The number of amides is 1. The summed E-state index contributed by atoms with van der Waals surface area (Å²) in [5.41, 5.74) is 5.62. The molecular weight excluding hydrogens is 396 g/mol. The van der Waals surface area contributed by atoms with Crippen molar-refractivity contribution in [3.63, 3.8) is 0 Å². The number of nitrogens with zero attached hydrogens (tertiary/aromatic N) is 4. The summed E-state index contributed by atoms with van der Waals surface area (Å²) in [6.07, 6.45) is 0.686. The lowest BCUT2D eigenvalue weighted by molar-refractivity contribution is -0.118. The molecule has 0 radical (unpaired) electrons. The highest BCUT2D eigenvalue weighted by molar-refractivity contribution is 7.98. The Morgan fingerprint density at radius 2 is 2.07 bits per heavy atom. The van der Waals surface area contributed by atoms with Crippen LogP contribution >= 0.6 is 23.1 Å². The number of hydrogen-bond acceptors (Lipinski definition) is 7. The summed E-state index contributed by atoms with van der Waals surface area (Å²) in [6.45, 7) is -0.218. The summed E-state index contributed by atoms with van der Waals surface area (Å²) < 4.78 is 1.32. The monoisotopic (exact) mass is 412 g/mol. The fraction of sp³-hybridized carbons (Fsp3) is 0.167. The van der Waals surface area contributed by atoms with E-state index in [0.29, 0.717) is 34.1 Å². The van der Waals surface area contributed by atoms with Crippen LogP contribution in [-0.4, -0.2) is 30.6 Å². The fourth-order valence-electron chi connectivity index (χ4n) is 2.77. The molecule has 0 saturated carbocycles. The first-order chi connectivity index (χ1) is 13.6. The number of nitrogens with one attached hydrogen (secondary N) is 1. The van der Waals surface area contributed by atoms with E-state index in [4.69, 9.17) is 5.73 Å². The van der Waals surface area contributed by atoms with E-state index in [0.717, 1.165) is 5.82 Å². The number of H-pyrrole nitrogens is 1. The Morgan fingerprint density at radius 3 is 2.86 bits per heavy atom. The van der Waals surface area contributed by atoms with E-state index in [1.807, 2.05) is 23.6 Å². The van der Waals surface area contributed by atoms with Crippen LogP contribution in [0.15, 0.2) is 51.7 Å². The van der Waals surface area contributed by atoms with Gasteiger partial charge in [0.25, 0.3) is 5.56 Å². The van der Waals surface area contributed by atoms with Gasteiger partial charge in [0.1, 0.15) is 18.2 Å². The van der Waals surface area contributed by atoms with E-state index in [1.165, 1.54) is 21.2 Å². The summed E-state index contributed by atoms with van der Waals surface area (Å²) in [4.78, 5) is 34.4. The molecule has 1 amide bonds. The molecule has 0 aliphatic heterocycles. The molecule has 0 spiro atoms. The lowest BCUT2D eigenvalue weighted by Crippen LogP contribution is -2.31. The number of benzene rings is 1. The van der Waals surface area contributed by atoms with Crippen LogP contribution in [-0.2, 0) is 23.5 Å². The molecule has 0 aliphatic carbocycles. The van der Waals surface area contributed by atoms with Crippen molar-refractivity contribution in [1.82, 2.24) is 24.7 Å². The Balaban J connectivity index is 1.58. The van der Waals surface area contributed by atoms with Crippen LogP contribution in [0, 0.1) is 0 Å². The second-order valence-corrected chi connectivity index (χ2v) is 7.99. The molecule has 3 heterocycles. The van der Waals surface area contributed by atoms with E-state index in [1.54, 1.807) is 29.5 Å². The third-order valence-electron chi connectivity index (χ3n) is 4.02. The van der Waals surface area contributed by atoms with Crippen LogP contribution in [0.25, 0.3) is 10.9 Å². The summed E-state index contributed by atoms with van der Waals surface area (Å²) >= 11 is 3.00. The SMILES string of the molecule is NC(=O)Cn1c(CSc2n[nH]c(Cc3cccs3)n2)nc2ccccc2c1=O. The number of aromatic amines is 1. The van der Waals surface area contributed by atoms with Crippen LogP contribution in [0.5, 0.6) is 0 Å². The molecule has 142 valence electrons. The number of hydrogen-bond donors (Lipinski definition) is 2. The number of carbonyl (C=O) groups is 1. The summed E-state index contributed by atoms with van der Waals surface area (Å²) in [5, 5.41) is 10.2. The van der Waals surface area contributed by atoms with Crippen molar-refractivity contribution >= 4 is 39.9 Å². The van der Waals surface area contributed by atoms with Crippen molar-refractivity contribution in [1.29, 1.82) is 0 Å². The highest BCUT2D eigenvalue weighted by atomic mass is 32.2. The second-order valence-electron chi connectivity index (χ2n) is 6.01. The zero-order valence-electron chi connectivity index (χ0n) is 14.7. The minimum Gasteiger partial charge on any atom is -0.368 e. The summed E-state index contributed by atoms with van der Waals surface area (Å²) in [7, 11) is 0. The summed E-state index contributed by atoms with van der Waals surface area (Å²) in [6, 6.07) is 11.1. The van der Waals surface area contributed by atoms with Gasteiger partial charge in [-0.3, -0.25) is 19.3 Å². The minimum absolute atomic E-state index is 0.218. The number of rotatable bonds is 7. The standard InChI is InChI=1S/C18H16N6O2S2/c19-14(25)9-24-16(20-13-6-2-1-5-12(13)17(24)26)10-28-18-21-15(22-23-18)8-11-4-3-7-27-11/h1-7H,8-10H2,(H2,19,25)(H,21,22,23). The summed E-state index contributed by atoms with van der Waals surface area (Å²) in [5.74, 6) is 0.966. The quantitative estimate of drug-likeness (QED) is 0.448. The van der Waals surface area contributed by atoms with Gasteiger partial charge in [-0.1, -0.05) is 30.0 Å². The van der Waals surface area contributed by atoms with Gasteiger partial charge in [0.05, 0.1) is 16.7 Å². The maximum atomic E-state index is 12.7. The Hall–Kier alpha value is -2.98. The number of carbonyl (C=O) groups excluding carboxylic acids is 1. The first kappa shape index (κ1) is 18.4. The van der Waals surface area contributed by atoms with Crippen LogP contribution in [0.2, 0.25) is 0 Å². The third-order valence-corrected chi connectivity index (χ3v) is 5.74. The molecule has 28 heavy (non-hydrogen) atoms. The molecule has 0 bridgehead atoms. The number of fused-ring (bicyclic) bond motifs is 1. The Bertz CT molecular complexity index is 1180. The molecule has 3 aromatic heterocycles. The predicted octanol–water partition coefficient (Wildman–Crippen LogP) is 1.94. The van der Waals surface area contributed by atoms with Crippen molar-refractivity contribution in [2.45, 2.75) is 23.9 Å². The van der Waals surface area contributed by atoms with Crippen LogP contribution in [0.3, 0.4) is 0 Å². The lowest BCUT2D eigenvalue weighted by atomic mass is 10.2. The lowest BCUT2D eigenvalue weighted by Gasteiger charge is -2.11. The van der Waals surface area contributed by atoms with Crippen molar-refractivity contribution in [3.05, 3.63) is 68.7 Å². The highest BCUT2D eigenvalue weighted by Gasteiger charge is 2.14. The van der Waals surface area contributed by atoms with E-state index in [9.17, 15) is 9.59 Å². The van der Waals surface area contributed by atoms with Gasteiger partial charge in [-0.25, -0.2) is 9.97 Å². The number of aromatic nitrogens is 5. The number of thioether (sulfide) groups is 1. The van der Waals surface area contributed by atoms with E-state index in [2.05, 4.69) is 20.2 Å². The molecule has 3 N–H and O–H groups in total. The molecule has 0 saturated heterocycles. The number of thiophene rings is 1. The normalized spacial score (nSPS) is 11.1. The average molecular weight is 413 g/mol. The number of para-hydroxylation sites is 1. The first-order valence-corrected chi connectivity index (χ1v) is 10.3. The highest BCUT2D eigenvalue weighted by Crippen LogP contribution is 2.20.